The molecule has 0 N–H and O–H groups in total. The number of hydrogen-bond acceptors (Lipinski definition) is 4. The molecule has 3 rings (SSSR count). The van der Waals surface area contributed by atoms with Gasteiger partial charge < -0.3 is 0 Å². The molecule has 1 heterocycles. The van der Waals surface area contributed by atoms with Crippen molar-refractivity contribution in [2.24, 2.45) is 0 Å². The molecule has 0 saturated heterocycles. The Kier molecular flexibility index (Phi) is 4.44. The third-order valence-corrected chi connectivity index (χ3v) is 5.57. The van der Waals surface area contributed by atoms with Gasteiger partial charge in [-0.2, -0.15) is 0 Å². The van der Waals surface area contributed by atoms with Gasteiger partial charge in [0.2, 0.25) is 7.14 Å². The van der Waals surface area contributed by atoms with Crippen LogP contribution in [0.1, 0.15) is 5.56 Å². The fourth-order valence-corrected chi connectivity index (χ4v) is 5.03. The fraction of sp³-hybridized carbons (Fsp3) is 0.0769. The molecule has 1 aliphatic rings. The Morgan fingerprint density at radius 2 is 1.42 bits per heavy atom. The van der Waals surface area contributed by atoms with Gasteiger partial charge in [0.15, 0.2) is 0 Å². The van der Waals surface area contributed by atoms with E-state index in [1.54, 1.807) is 7.14 Å². The summed E-state index contributed by atoms with van der Waals surface area (Å²) in [5.41, 5.74) is 4.41. The molecular weight excluding hydrogens is 382 g/mol. The standard InChI is InChI=1S/C13H10I.ClHO4/c1-9-5-4-8-12-13(9)10-6-2-3-7-11(10)14-12;2-1(3,4)5/h2-8H,1H3;(H,2,3,4,5)/q+1;/p-1. The monoisotopic (exact) mass is 392 g/mol. The minimum Gasteiger partial charge on any atom is -0.222 e. The van der Waals surface area contributed by atoms with Gasteiger partial charge in [0, 0.05) is 11.1 Å². The number of fused-ring (bicyclic) bond motifs is 3. The summed E-state index contributed by atoms with van der Waals surface area (Å²) in [5.74, 6) is 0. The molecular formula is C13H10ClIO4. The van der Waals surface area contributed by atoms with Gasteiger partial charge in [-0.15, -0.1) is 10.2 Å². The molecule has 4 nitrogen and oxygen atoms in total. The van der Waals surface area contributed by atoms with E-state index >= 15 is 0 Å². The molecule has 0 saturated carbocycles. The Bertz CT molecular complexity index is 589. The quantitative estimate of drug-likeness (QED) is 0.360. The van der Waals surface area contributed by atoms with E-state index in [0.717, 1.165) is 0 Å². The topological polar surface area (TPSA) is 92.2 Å². The SMILES string of the molecule is Cc1cccc2c1-c1ccccc1[I+]2.[O-][Cl+3]([O-])([O-])[O-]. The Balaban J connectivity index is 0.000000232. The Morgan fingerprint density at radius 1 is 0.842 bits per heavy atom. The highest BCUT2D eigenvalue weighted by molar-refractivity contribution is 5.67. The molecule has 0 aromatic heterocycles. The van der Waals surface area contributed by atoms with Gasteiger partial charge >= 0.3 is 21.2 Å². The summed E-state index contributed by atoms with van der Waals surface area (Å²) in [6, 6.07) is 15.5. The van der Waals surface area contributed by atoms with Crippen LogP contribution >= 0.6 is 0 Å². The number of aryl methyl sites for hydroxylation is 1. The van der Waals surface area contributed by atoms with Crippen LogP contribution in [0, 0.1) is 24.3 Å². The van der Waals surface area contributed by atoms with Gasteiger partial charge in [-0.25, -0.2) is 18.6 Å². The van der Waals surface area contributed by atoms with E-state index in [1.807, 2.05) is 0 Å². The summed E-state index contributed by atoms with van der Waals surface area (Å²) in [6.07, 6.45) is 0. The van der Waals surface area contributed by atoms with Gasteiger partial charge in [-0.1, -0.05) is 24.3 Å². The third-order valence-electron chi connectivity index (χ3n) is 2.57. The van der Waals surface area contributed by atoms with E-state index in [-0.39, 0.29) is 21.2 Å². The average molecular weight is 393 g/mol. The number of rotatable bonds is 0. The van der Waals surface area contributed by atoms with Gasteiger partial charge in [0.05, 0.1) is 0 Å². The second kappa shape index (κ2) is 5.74. The third kappa shape index (κ3) is 3.88. The molecule has 1 aliphatic heterocycles. The average Bonchev–Trinajstić information content (AvgIpc) is 2.66. The van der Waals surface area contributed by atoms with Crippen LogP contribution in [0.5, 0.6) is 0 Å². The second-order valence-electron chi connectivity index (χ2n) is 3.88. The van der Waals surface area contributed by atoms with Crippen LogP contribution in [0.4, 0.5) is 0 Å². The maximum Gasteiger partial charge on any atom is 0.359 e. The zero-order chi connectivity index (χ0) is 14.0. The van der Waals surface area contributed by atoms with E-state index in [1.165, 1.54) is 16.7 Å². The molecule has 100 valence electrons. The first-order valence-corrected chi connectivity index (χ1v) is 8.71. The highest BCUT2D eigenvalue weighted by Gasteiger charge is 2.33. The highest BCUT2D eigenvalue weighted by Crippen LogP contribution is 2.25. The summed E-state index contributed by atoms with van der Waals surface area (Å²) in [5, 5.41) is 0. The lowest BCUT2D eigenvalue weighted by atomic mass is 10.0. The second-order valence-corrected chi connectivity index (χ2v) is 7.50. The van der Waals surface area contributed by atoms with E-state index < -0.39 is 10.2 Å². The lowest BCUT2D eigenvalue weighted by molar-refractivity contribution is -2.00. The van der Waals surface area contributed by atoms with E-state index in [0.29, 0.717) is 0 Å². The minimum absolute atomic E-state index is 0.0860. The summed E-state index contributed by atoms with van der Waals surface area (Å²) in [6.45, 7) is 2.21. The van der Waals surface area contributed by atoms with Crippen molar-refractivity contribution in [3.05, 3.63) is 55.2 Å². The molecule has 0 amide bonds. The van der Waals surface area contributed by atoms with Crippen molar-refractivity contribution in [1.82, 2.24) is 0 Å². The molecule has 0 fully saturated rings. The van der Waals surface area contributed by atoms with E-state index in [4.69, 9.17) is 18.6 Å². The smallest absolute Gasteiger partial charge is 0.222 e. The largest absolute Gasteiger partial charge is 0.359 e. The zero-order valence-corrected chi connectivity index (χ0v) is 12.8. The van der Waals surface area contributed by atoms with Gasteiger partial charge in [0.1, 0.15) is 0 Å². The van der Waals surface area contributed by atoms with Crippen LogP contribution in [-0.2, 0) is 0 Å². The van der Waals surface area contributed by atoms with Crippen molar-refractivity contribution in [2.75, 3.05) is 0 Å². The highest BCUT2D eigenvalue weighted by atomic mass is 127. The number of benzene rings is 2. The molecule has 0 aliphatic carbocycles. The first kappa shape index (κ1) is 14.7. The van der Waals surface area contributed by atoms with Crippen molar-refractivity contribution in [3.8, 4) is 11.1 Å². The van der Waals surface area contributed by atoms with Crippen LogP contribution in [0.25, 0.3) is 11.1 Å². The normalized spacial score (nSPS) is 12.3. The maximum absolute atomic E-state index is 8.49. The molecule has 0 radical (unpaired) electrons. The van der Waals surface area contributed by atoms with Crippen LogP contribution in [0.3, 0.4) is 0 Å². The summed E-state index contributed by atoms with van der Waals surface area (Å²) >= 11 is 0.0860. The molecule has 19 heavy (non-hydrogen) atoms. The summed E-state index contributed by atoms with van der Waals surface area (Å²) in [4.78, 5) is 0. The summed E-state index contributed by atoms with van der Waals surface area (Å²) < 4.78 is 37.1. The van der Waals surface area contributed by atoms with Crippen LogP contribution in [0.2, 0.25) is 0 Å². The first-order chi connectivity index (χ1) is 8.86. The Morgan fingerprint density at radius 3 is 2.11 bits per heavy atom. The van der Waals surface area contributed by atoms with Crippen molar-refractivity contribution >= 4 is 0 Å². The number of hydrogen-bond donors (Lipinski definition) is 0. The summed E-state index contributed by atoms with van der Waals surface area (Å²) in [7, 11) is -4.94. The van der Waals surface area contributed by atoms with Crippen LogP contribution < -0.4 is 39.8 Å². The molecule has 6 heteroatoms. The molecule has 2 aromatic carbocycles. The molecule has 0 unspecified atom stereocenters. The van der Waals surface area contributed by atoms with Gasteiger partial charge in [-0.05, 0) is 30.7 Å². The van der Waals surface area contributed by atoms with E-state index in [2.05, 4.69) is 49.4 Å². The van der Waals surface area contributed by atoms with Crippen LogP contribution in [-0.4, -0.2) is 0 Å². The van der Waals surface area contributed by atoms with Crippen molar-refractivity contribution < 1.29 is 50.1 Å². The van der Waals surface area contributed by atoms with Crippen molar-refractivity contribution in [1.29, 1.82) is 0 Å². The van der Waals surface area contributed by atoms with Crippen LogP contribution in [0.15, 0.2) is 42.5 Å². The predicted molar refractivity (Wildman–Crippen MR) is 54.0 cm³/mol. The lowest BCUT2D eigenvalue weighted by Gasteiger charge is -2.17. The lowest BCUT2D eigenvalue weighted by Crippen LogP contribution is -3.61. The fourth-order valence-electron chi connectivity index (χ4n) is 1.91. The van der Waals surface area contributed by atoms with Crippen molar-refractivity contribution in [3.63, 3.8) is 0 Å². The zero-order valence-electron chi connectivity index (χ0n) is 9.93. The van der Waals surface area contributed by atoms with Gasteiger partial charge in [-0.3, -0.25) is 0 Å². The number of halogens is 2. The minimum atomic E-state index is -4.94. The molecule has 0 spiro atoms. The van der Waals surface area contributed by atoms with E-state index in [9.17, 15) is 0 Å². The Hall–Kier alpha value is -0.700. The Labute approximate surface area is 123 Å². The van der Waals surface area contributed by atoms with Crippen molar-refractivity contribution in [2.45, 2.75) is 6.92 Å². The van der Waals surface area contributed by atoms with Gasteiger partial charge in [0.25, 0.3) is 0 Å². The first-order valence-electron chi connectivity index (χ1n) is 5.32. The molecule has 2 aromatic rings. The predicted octanol–water partition coefficient (Wildman–Crippen LogP) is -4.65. The maximum atomic E-state index is 8.49. The molecule has 0 bridgehead atoms. The molecule has 0 atom stereocenters.